The number of thiocarbonyl (C=S) groups is 1. The lowest BCUT2D eigenvalue weighted by molar-refractivity contribution is 1.54. The Morgan fingerprint density at radius 3 is 2.26 bits per heavy atom. The zero-order valence-corrected chi connectivity index (χ0v) is 13.2. The Kier molecular flexibility index (Phi) is 3.44. The summed E-state index contributed by atoms with van der Waals surface area (Å²) in [6.45, 7) is 0. The number of hydrogen-bond donors (Lipinski definition) is 3. The lowest BCUT2D eigenvalue weighted by atomic mass is 10.1. The van der Waals surface area contributed by atoms with E-state index in [9.17, 15) is 0 Å². The van der Waals surface area contributed by atoms with Gasteiger partial charge in [-0.3, -0.25) is 0 Å². The first-order valence-corrected chi connectivity index (χ1v) is 7.84. The SMILES string of the molecule is S=C(Nc1ccccc1)Nc1ccc2[nH]c3ccccc3c2c1. The average Bonchev–Trinajstić information content (AvgIpc) is 2.94. The molecular formula is C19H15N3S. The van der Waals surface area contributed by atoms with Crippen LogP contribution >= 0.6 is 12.2 Å². The molecule has 0 atom stereocenters. The lowest BCUT2D eigenvalue weighted by Gasteiger charge is -2.10. The minimum absolute atomic E-state index is 0.579. The molecule has 0 radical (unpaired) electrons. The highest BCUT2D eigenvalue weighted by atomic mass is 32.1. The van der Waals surface area contributed by atoms with Crippen molar-refractivity contribution in [3.8, 4) is 0 Å². The molecule has 4 aromatic rings. The van der Waals surface area contributed by atoms with Gasteiger partial charge in [0.2, 0.25) is 0 Å². The van der Waals surface area contributed by atoms with E-state index in [-0.39, 0.29) is 0 Å². The molecule has 0 aliphatic heterocycles. The standard InChI is InChI=1S/C19H15N3S/c23-19(20-13-6-2-1-3-7-13)21-14-10-11-18-16(12-14)15-8-4-5-9-17(15)22-18/h1-12,22H,(H2,20,21,23). The summed E-state index contributed by atoms with van der Waals surface area (Å²) in [5, 5.41) is 9.41. The smallest absolute Gasteiger partial charge is 0.175 e. The number of aromatic nitrogens is 1. The van der Waals surface area contributed by atoms with Crippen LogP contribution < -0.4 is 10.6 Å². The van der Waals surface area contributed by atoms with Gasteiger partial charge in [0.15, 0.2) is 5.11 Å². The molecule has 3 nitrogen and oxygen atoms in total. The van der Waals surface area contributed by atoms with E-state index in [1.165, 1.54) is 10.8 Å². The van der Waals surface area contributed by atoms with Gasteiger partial charge < -0.3 is 15.6 Å². The molecule has 1 heterocycles. The van der Waals surface area contributed by atoms with E-state index in [0.717, 1.165) is 22.4 Å². The van der Waals surface area contributed by atoms with Gasteiger partial charge in [-0.15, -0.1) is 0 Å². The molecule has 0 aliphatic rings. The number of aromatic amines is 1. The predicted octanol–water partition coefficient (Wildman–Crippen LogP) is 5.13. The fraction of sp³-hybridized carbons (Fsp3) is 0. The fourth-order valence-corrected chi connectivity index (χ4v) is 2.98. The van der Waals surface area contributed by atoms with Gasteiger partial charge in [0.05, 0.1) is 0 Å². The molecule has 0 bridgehead atoms. The highest BCUT2D eigenvalue weighted by Gasteiger charge is 2.05. The van der Waals surface area contributed by atoms with Crippen molar-refractivity contribution in [2.45, 2.75) is 0 Å². The zero-order valence-electron chi connectivity index (χ0n) is 12.3. The summed E-state index contributed by atoms with van der Waals surface area (Å²) in [7, 11) is 0. The van der Waals surface area contributed by atoms with Gasteiger partial charge in [0, 0.05) is 33.2 Å². The number of fused-ring (bicyclic) bond motifs is 3. The van der Waals surface area contributed by atoms with Crippen LogP contribution in [0, 0.1) is 0 Å². The van der Waals surface area contributed by atoms with Gasteiger partial charge in [-0.25, -0.2) is 0 Å². The van der Waals surface area contributed by atoms with E-state index in [1.807, 2.05) is 42.5 Å². The molecule has 0 spiro atoms. The Labute approximate surface area is 139 Å². The van der Waals surface area contributed by atoms with Gasteiger partial charge in [0.1, 0.15) is 0 Å². The third-order valence-electron chi connectivity index (χ3n) is 3.80. The van der Waals surface area contributed by atoms with Crippen LogP contribution in [0.5, 0.6) is 0 Å². The molecule has 0 unspecified atom stereocenters. The highest BCUT2D eigenvalue weighted by Crippen LogP contribution is 2.27. The van der Waals surface area contributed by atoms with Gasteiger partial charge in [0.25, 0.3) is 0 Å². The van der Waals surface area contributed by atoms with Crippen LogP contribution in [-0.4, -0.2) is 10.1 Å². The van der Waals surface area contributed by atoms with Crippen molar-refractivity contribution in [3.63, 3.8) is 0 Å². The minimum Gasteiger partial charge on any atom is -0.355 e. The van der Waals surface area contributed by atoms with E-state index < -0.39 is 0 Å². The van der Waals surface area contributed by atoms with Crippen molar-refractivity contribution < 1.29 is 0 Å². The molecule has 0 saturated carbocycles. The maximum atomic E-state index is 5.39. The van der Waals surface area contributed by atoms with Crippen LogP contribution in [0.2, 0.25) is 0 Å². The molecule has 0 aliphatic carbocycles. The number of benzene rings is 3. The molecule has 4 rings (SSSR count). The van der Waals surface area contributed by atoms with E-state index in [2.05, 4.69) is 45.9 Å². The number of nitrogens with one attached hydrogen (secondary N) is 3. The van der Waals surface area contributed by atoms with Crippen LogP contribution in [0.25, 0.3) is 21.8 Å². The summed E-state index contributed by atoms with van der Waals surface area (Å²) in [6, 6.07) is 24.4. The van der Waals surface area contributed by atoms with Gasteiger partial charge in [-0.2, -0.15) is 0 Å². The topological polar surface area (TPSA) is 39.8 Å². The minimum atomic E-state index is 0.579. The first-order chi connectivity index (χ1) is 11.3. The van der Waals surface area contributed by atoms with Crippen molar-refractivity contribution in [1.82, 2.24) is 4.98 Å². The Hall–Kier alpha value is -2.85. The second-order valence-corrected chi connectivity index (χ2v) is 5.78. The van der Waals surface area contributed by atoms with Crippen LogP contribution in [0.1, 0.15) is 0 Å². The molecule has 0 saturated heterocycles. The summed E-state index contributed by atoms with van der Waals surface area (Å²) in [4.78, 5) is 3.42. The molecule has 1 aromatic heterocycles. The Morgan fingerprint density at radius 1 is 0.696 bits per heavy atom. The fourth-order valence-electron chi connectivity index (χ4n) is 2.74. The second kappa shape index (κ2) is 5.74. The molecule has 112 valence electrons. The molecular weight excluding hydrogens is 302 g/mol. The zero-order chi connectivity index (χ0) is 15.6. The quantitative estimate of drug-likeness (QED) is 0.449. The van der Waals surface area contributed by atoms with Crippen molar-refractivity contribution in [1.29, 1.82) is 0 Å². The molecule has 23 heavy (non-hydrogen) atoms. The lowest BCUT2D eigenvalue weighted by Crippen LogP contribution is -2.18. The second-order valence-electron chi connectivity index (χ2n) is 5.38. The Bertz CT molecular complexity index is 989. The summed E-state index contributed by atoms with van der Waals surface area (Å²) >= 11 is 5.39. The Balaban J connectivity index is 1.61. The van der Waals surface area contributed by atoms with Crippen LogP contribution in [-0.2, 0) is 0 Å². The first kappa shape index (κ1) is 13.8. The average molecular weight is 317 g/mol. The maximum absolute atomic E-state index is 5.39. The largest absolute Gasteiger partial charge is 0.355 e. The third-order valence-corrected chi connectivity index (χ3v) is 4.00. The van der Waals surface area contributed by atoms with Crippen LogP contribution in [0.3, 0.4) is 0 Å². The van der Waals surface area contributed by atoms with Crippen molar-refractivity contribution in [2.75, 3.05) is 10.6 Å². The van der Waals surface area contributed by atoms with Crippen LogP contribution in [0.4, 0.5) is 11.4 Å². The molecule has 0 fully saturated rings. The molecule has 3 N–H and O–H groups in total. The predicted molar refractivity (Wildman–Crippen MR) is 102 cm³/mol. The number of H-pyrrole nitrogens is 1. The van der Waals surface area contributed by atoms with Gasteiger partial charge >= 0.3 is 0 Å². The normalized spacial score (nSPS) is 10.8. The number of anilines is 2. The molecule has 4 heteroatoms. The Morgan fingerprint density at radius 2 is 1.39 bits per heavy atom. The first-order valence-electron chi connectivity index (χ1n) is 7.43. The maximum Gasteiger partial charge on any atom is 0.175 e. The number of para-hydroxylation sites is 2. The van der Waals surface area contributed by atoms with E-state index in [4.69, 9.17) is 12.2 Å². The van der Waals surface area contributed by atoms with Gasteiger partial charge in [-0.05, 0) is 48.6 Å². The van der Waals surface area contributed by atoms with Crippen molar-refractivity contribution in [2.24, 2.45) is 0 Å². The molecule has 3 aromatic carbocycles. The molecule has 0 amide bonds. The summed E-state index contributed by atoms with van der Waals surface area (Å²) in [6.07, 6.45) is 0. The van der Waals surface area contributed by atoms with E-state index in [1.54, 1.807) is 0 Å². The summed E-state index contributed by atoms with van der Waals surface area (Å²) in [5.41, 5.74) is 4.21. The van der Waals surface area contributed by atoms with Crippen molar-refractivity contribution in [3.05, 3.63) is 72.8 Å². The number of rotatable bonds is 2. The highest BCUT2D eigenvalue weighted by molar-refractivity contribution is 7.80. The summed E-state index contributed by atoms with van der Waals surface area (Å²) in [5.74, 6) is 0. The van der Waals surface area contributed by atoms with Gasteiger partial charge in [-0.1, -0.05) is 36.4 Å². The third kappa shape index (κ3) is 2.76. The summed E-state index contributed by atoms with van der Waals surface area (Å²) < 4.78 is 0. The monoisotopic (exact) mass is 317 g/mol. The van der Waals surface area contributed by atoms with Crippen LogP contribution in [0.15, 0.2) is 72.8 Å². The number of hydrogen-bond acceptors (Lipinski definition) is 1. The van der Waals surface area contributed by atoms with Crippen molar-refractivity contribution >= 4 is 50.5 Å². The van der Waals surface area contributed by atoms with E-state index >= 15 is 0 Å². The van der Waals surface area contributed by atoms with E-state index in [0.29, 0.717) is 5.11 Å².